The second kappa shape index (κ2) is 11.8. The third-order valence-corrected chi connectivity index (χ3v) is 10.7. The molecule has 0 unspecified atom stereocenters. The highest BCUT2D eigenvalue weighted by molar-refractivity contribution is 6.98. The topological polar surface area (TPSA) is 26.6 Å². The molecule has 8 aromatic carbocycles. The molecule has 53 heavy (non-hydrogen) atoms. The lowest BCUT2D eigenvalue weighted by atomic mass is 9.35. The lowest BCUT2D eigenvalue weighted by Gasteiger charge is -2.33. The summed E-state index contributed by atoms with van der Waals surface area (Å²) >= 11 is 0. The van der Waals surface area contributed by atoms with E-state index in [1.54, 1.807) is 0 Å². The van der Waals surface area contributed by atoms with Crippen molar-refractivity contribution in [3.05, 3.63) is 188 Å². The second-order valence-electron chi connectivity index (χ2n) is 13.7. The molecule has 0 amide bonds. The molecular formula is C48H31BN2O2. The van der Waals surface area contributed by atoms with E-state index in [0.717, 1.165) is 73.3 Å². The van der Waals surface area contributed by atoms with E-state index in [4.69, 9.17) is 9.47 Å². The Kier molecular flexibility index (Phi) is 6.61. The molecule has 0 spiro atoms. The molecule has 11 rings (SSSR count). The van der Waals surface area contributed by atoms with Gasteiger partial charge in [0.2, 0.25) is 0 Å². The van der Waals surface area contributed by atoms with Gasteiger partial charge in [-0.2, -0.15) is 0 Å². The maximum absolute atomic E-state index is 6.58. The molecule has 5 heteroatoms. The van der Waals surface area contributed by atoms with E-state index in [9.17, 15) is 0 Å². The lowest BCUT2D eigenvalue weighted by molar-refractivity contribution is 0.465. The fourth-order valence-electron chi connectivity index (χ4n) is 8.34. The molecule has 0 atom stereocenters. The third-order valence-electron chi connectivity index (χ3n) is 10.7. The first-order valence-electron chi connectivity index (χ1n) is 18.0. The number of ether oxygens (including phenoxy) is 2. The number of hydrogen-bond donors (Lipinski definition) is 0. The van der Waals surface area contributed by atoms with Crippen molar-refractivity contribution in [3.8, 4) is 39.8 Å². The first-order valence-corrected chi connectivity index (χ1v) is 18.0. The van der Waals surface area contributed by atoms with Crippen molar-refractivity contribution in [2.24, 2.45) is 0 Å². The minimum atomic E-state index is 0.0600. The van der Waals surface area contributed by atoms with E-state index < -0.39 is 0 Å². The van der Waals surface area contributed by atoms with E-state index in [2.05, 4.69) is 185 Å². The Labute approximate surface area is 307 Å². The predicted molar refractivity (Wildman–Crippen MR) is 219 cm³/mol. The fraction of sp³-hybridized carbons (Fsp3) is 0. The number of hydrogen-bond acceptors (Lipinski definition) is 3. The normalized spacial score (nSPS) is 12.4. The average molecular weight is 679 g/mol. The predicted octanol–water partition coefficient (Wildman–Crippen LogP) is 10.6. The third kappa shape index (κ3) is 4.71. The van der Waals surface area contributed by atoms with Crippen LogP contribution in [0.5, 0.6) is 23.0 Å². The van der Waals surface area contributed by atoms with Gasteiger partial charge < -0.3 is 18.9 Å². The van der Waals surface area contributed by atoms with E-state index in [1.807, 2.05) is 12.1 Å². The average Bonchev–Trinajstić information content (AvgIpc) is 3.55. The van der Waals surface area contributed by atoms with Gasteiger partial charge in [0, 0.05) is 39.0 Å². The number of anilines is 3. The zero-order valence-corrected chi connectivity index (χ0v) is 28.7. The molecule has 0 saturated carbocycles. The summed E-state index contributed by atoms with van der Waals surface area (Å²) in [6, 6.07) is 66.5. The molecule has 9 aromatic rings. The second-order valence-corrected chi connectivity index (χ2v) is 13.7. The zero-order valence-electron chi connectivity index (χ0n) is 28.7. The van der Waals surface area contributed by atoms with Crippen LogP contribution in [-0.4, -0.2) is 11.3 Å². The van der Waals surface area contributed by atoms with Gasteiger partial charge in [0.1, 0.15) is 23.0 Å². The summed E-state index contributed by atoms with van der Waals surface area (Å²) in [5.41, 5.74) is 12.3. The van der Waals surface area contributed by atoms with Crippen LogP contribution in [0.25, 0.3) is 38.6 Å². The van der Waals surface area contributed by atoms with Crippen molar-refractivity contribution in [2.75, 3.05) is 4.90 Å². The standard InChI is InChI=1S/C48H31BN2O2/c1-3-13-34(14-4-1)50(37-27-28-43-39(31-37)38-17-7-10-20-42(38)51(43)35-15-5-2-6-16-35)36-25-23-32(24-26-36)33-29-46-48-47(30-33)53-45-22-12-9-19-41(45)49(48)40-18-8-11-21-44(40)52-46/h1-31H. The Balaban J connectivity index is 1.02. The zero-order chi connectivity index (χ0) is 34.9. The Morgan fingerprint density at radius 1 is 0.396 bits per heavy atom. The number of rotatable bonds is 5. The fourth-order valence-corrected chi connectivity index (χ4v) is 8.34. The molecule has 0 bridgehead atoms. The van der Waals surface area contributed by atoms with Crippen LogP contribution in [0.15, 0.2) is 188 Å². The van der Waals surface area contributed by atoms with Crippen LogP contribution >= 0.6 is 0 Å². The molecule has 1 aromatic heterocycles. The van der Waals surface area contributed by atoms with Gasteiger partial charge >= 0.3 is 0 Å². The molecule has 4 nitrogen and oxygen atoms in total. The number of nitrogens with zero attached hydrogens (tertiary/aromatic N) is 2. The van der Waals surface area contributed by atoms with Gasteiger partial charge in [-0.1, -0.05) is 103 Å². The van der Waals surface area contributed by atoms with Gasteiger partial charge in [-0.25, -0.2) is 0 Å². The molecule has 2 aliphatic rings. The monoisotopic (exact) mass is 678 g/mol. The summed E-state index contributed by atoms with van der Waals surface area (Å²) in [6.45, 7) is 0.0600. The maximum Gasteiger partial charge on any atom is 0.260 e. The summed E-state index contributed by atoms with van der Waals surface area (Å²) in [7, 11) is 0. The Hall–Kier alpha value is -6.98. The van der Waals surface area contributed by atoms with E-state index >= 15 is 0 Å². The molecular weight excluding hydrogens is 647 g/mol. The van der Waals surface area contributed by atoms with Gasteiger partial charge in [0.25, 0.3) is 6.71 Å². The largest absolute Gasteiger partial charge is 0.458 e. The van der Waals surface area contributed by atoms with Crippen LogP contribution in [0, 0.1) is 0 Å². The van der Waals surface area contributed by atoms with Crippen molar-refractivity contribution >= 4 is 62.0 Å². The van der Waals surface area contributed by atoms with Crippen LogP contribution in [0.4, 0.5) is 17.1 Å². The summed E-state index contributed by atoms with van der Waals surface area (Å²) in [4.78, 5) is 2.33. The minimum absolute atomic E-state index is 0.0600. The Bertz CT molecular complexity index is 2780. The molecule has 0 saturated heterocycles. The number of fused-ring (bicyclic) bond motifs is 7. The number of para-hydroxylation sites is 5. The van der Waals surface area contributed by atoms with Crippen molar-refractivity contribution in [1.82, 2.24) is 4.57 Å². The highest BCUT2D eigenvalue weighted by Crippen LogP contribution is 2.42. The van der Waals surface area contributed by atoms with E-state index in [-0.39, 0.29) is 6.71 Å². The van der Waals surface area contributed by atoms with Crippen molar-refractivity contribution in [1.29, 1.82) is 0 Å². The summed E-state index contributed by atoms with van der Waals surface area (Å²) < 4.78 is 15.5. The van der Waals surface area contributed by atoms with Crippen LogP contribution < -0.4 is 30.8 Å². The SMILES string of the molecule is c1ccc(N(c2ccc(-c3cc4c5c(c3)Oc3ccccc3B5c3ccccc3O4)cc2)c2ccc3c(c2)c2ccccc2n3-c2ccccc2)cc1. The highest BCUT2D eigenvalue weighted by atomic mass is 16.5. The van der Waals surface area contributed by atoms with Gasteiger partial charge in [0.15, 0.2) is 0 Å². The Morgan fingerprint density at radius 3 is 1.64 bits per heavy atom. The summed E-state index contributed by atoms with van der Waals surface area (Å²) in [5.74, 6) is 3.47. The van der Waals surface area contributed by atoms with Gasteiger partial charge in [-0.3, -0.25) is 0 Å². The molecule has 2 aliphatic heterocycles. The van der Waals surface area contributed by atoms with Crippen LogP contribution in [0.1, 0.15) is 0 Å². The molecule has 3 heterocycles. The first kappa shape index (κ1) is 29.7. The van der Waals surface area contributed by atoms with Crippen LogP contribution in [0.3, 0.4) is 0 Å². The van der Waals surface area contributed by atoms with Gasteiger partial charge in [-0.05, 0) is 107 Å². The van der Waals surface area contributed by atoms with Crippen LogP contribution in [-0.2, 0) is 0 Å². The molecule has 0 radical (unpaired) electrons. The lowest BCUT2D eigenvalue weighted by Crippen LogP contribution is -2.57. The van der Waals surface area contributed by atoms with Crippen molar-refractivity contribution < 1.29 is 9.47 Å². The smallest absolute Gasteiger partial charge is 0.260 e. The quantitative estimate of drug-likeness (QED) is 0.170. The maximum atomic E-state index is 6.58. The van der Waals surface area contributed by atoms with Gasteiger partial charge in [0.05, 0.1) is 11.0 Å². The van der Waals surface area contributed by atoms with Crippen LogP contribution in [0.2, 0.25) is 0 Å². The number of benzene rings is 8. The van der Waals surface area contributed by atoms with E-state index in [0.29, 0.717) is 0 Å². The molecule has 0 N–H and O–H groups in total. The molecule has 0 aliphatic carbocycles. The molecule has 0 fully saturated rings. The van der Waals surface area contributed by atoms with Crippen molar-refractivity contribution in [3.63, 3.8) is 0 Å². The number of aromatic nitrogens is 1. The summed E-state index contributed by atoms with van der Waals surface area (Å²) in [6.07, 6.45) is 0. The molecule has 248 valence electrons. The van der Waals surface area contributed by atoms with Crippen molar-refractivity contribution in [2.45, 2.75) is 0 Å². The summed E-state index contributed by atoms with van der Waals surface area (Å²) in [5, 5.41) is 2.44. The first-order chi connectivity index (χ1) is 26.3. The van der Waals surface area contributed by atoms with E-state index in [1.165, 1.54) is 21.8 Å². The van der Waals surface area contributed by atoms with Gasteiger partial charge in [-0.15, -0.1) is 0 Å². The minimum Gasteiger partial charge on any atom is -0.458 e. The highest BCUT2D eigenvalue weighted by Gasteiger charge is 2.40. The Morgan fingerprint density at radius 2 is 0.943 bits per heavy atom.